The summed E-state index contributed by atoms with van der Waals surface area (Å²) in [5, 5.41) is 13.9. The molecule has 0 aliphatic heterocycles. The number of hydrogen-bond donors (Lipinski definition) is 3. The van der Waals surface area contributed by atoms with E-state index in [2.05, 4.69) is 10.6 Å². The summed E-state index contributed by atoms with van der Waals surface area (Å²) in [4.78, 5) is 45.5. The zero-order valence-electron chi connectivity index (χ0n) is 13.9. The highest BCUT2D eigenvalue weighted by molar-refractivity contribution is 6.37. The predicted molar refractivity (Wildman–Crippen MR) is 95.2 cm³/mol. The normalized spacial score (nSPS) is 10.0. The van der Waals surface area contributed by atoms with Gasteiger partial charge in [0.15, 0.2) is 5.78 Å². The van der Waals surface area contributed by atoms with Crippen molar-refractivity contribution in [3.05, 3.63) is 65.7 Å². The van der Waals surface area contributed by atoms with Crippen LogP contribution in [0.25, 0.3) is 0 Å². The summed E-state index contributed by atoms with van der Waals surface area (Å²) in [6.07, 6.45) is -0.0356. The quantitative estimate of drug-likeness (QED) is 0.382. The van der Waals surface area contributed by atoms with E-state index < -0.39 is 30.0 Å². The summed E-state index contributed by atoms with van der Waals surface area (Å²) in [5.41, 5.74) is 1.63. The second kappa shape index (κ2) is 9.12. The van der Waals surface area contributed by atoms with Crippen molar-refractivity contribution in [2.45, 2.75) is 12.8 Å². The standard InChI is InChI=1S/C19H18N2O5/c22-16(12-17(23)18(24)25)14-7-4-8-15(11-14)21-19(26)20-10-9-13-5-2-1-3-6-13/h1-8,11H,9-10,12H2,(H,24,25)(H2,20,21,26). The number of amides is 2. The van der Waals surface area contributed by atoms with Crippen LogP contribution in [0.15, 0.2) is 54.6 Å². The monoisotopic (exact) mass is 354 g/mol. The fraction of sp³-hybridized carbons (Fsp3) is 0.158. The lowest BCUT2D eigenvalue weighted by Crippen LogP contribution is -2.30. The summed E-state index contributed by atoms with van der Waals surface area (Å²) < 4.78 is 0. The molecule has 0 saturated carbocycles. The molecular weight excluding hydrogens is 336 g/mol. The lowest BCUT2D eigenvalue weighted by Gasteiger charge is -2.09. The maximum absolute atomic E-state index is 11.9. The molecule has 0 atom stereocenters. The molecule has 2 aromatic carbocycles. The molecule has 2 rings (SSSR count). The van der Waals surface area contributed by atoms with Crippen molar-refractivity contribution in [1.29, 1.82) is 0 Å². The van der Waals surface area contributed by atoms with E-state index in [1.165, 1.54) is 18.2 Å². The van der Waals surface area contributed by atoms with Crippen LogP contribution in [0.2, 0.25) is 0 Å². The molecule has 3 N–H and O–H groups in total. The number of urea groups is 1. The molecular formula is C19H18N2O5. The minimum absolute atomic E-state index is 0.154. The first kappa shape index (κ1) is 18.9. The van der Waals surface area contributed by atoms with Gasteiger partial charge < -0.3 is 15.7 Å². The lowest BCUT2D eigenvalue weighted by molar-refractivity contribution is -0.148. The second-order valence-corrected chi connectivity index (χ2v) is 5.53. The Kier molecular flexibility index (Phi) is 6.61. The van der Waals surface area contributed by atoms with Gasteiger partial charge >= 0.3 is 12.0 Å². The van der Waals surface area contributed by atoms with Gasteiger partial charge in [0.1, 0.15) is 0 Å². The Morgan fingerprint density at radius 2 is 1.65 bits per heavy atom. The summed E-state index contributed by atoms with van der Waals surface area (Å²) in [5.74, 6) is -3.44. The molecule has 7 nitrogen and oxygen atoms in total. The van der Waals surface area contributed by atoms with Crippen molar-refractivity contribution in [3.63, 3.8) is 0 Å². The number of Topliss-reactive ketones (excluding diaryl/α,β-unsaturated/α-hetero) is 2. The molecule has 0 aliphatic carbocycles. The van der Waals surface area contributed by atoms with E-state index in [0.29, 0.717) is 18.7 Å². The van der Waals surface area contributed by atoms with Crippen molar-refractivity contribution >= 4 is 29.3 Å². The summed E-state index contributed by atoms with van der Waals surface area (Å²) >= 11 is 0. The third-order valence-electron chi connectivity index (χ3n) is 3.54. The van der Waals surface area contributed by atoms with Crippen molar-refractivity contribution < 1.29 is 24.3 Å². The van der Waals surface area contributed by atoms with Crippen LogP contribution in [0.1, 0.15) is 22.3 Å². The van der Waals surface area contributed by atoms with Crippen LogP contribution in [0.4, 0.5) is 10.5 Å². The number of anilines is 1. The molecule has 2 amide bonds. The van der Waals surface area contributed by atoms with E-state index in [4.69, 9.17) is 5.11 Å². The van der Waals surface area contributed by atoms with Crippen LogP contribution in [-0.4, -0.2) is 35.2 Å². The molecule has 0 spiro atoms. The molecule has 0 aliphatic rings. The van der Waals surface area contributed by atoms with E-state index in [1.54, 1.807) is 6.07 Å². The van der Waals surface area contributed by atoms with Crippen LogP contribution >= 0.6 is 0 Å². The van der Waals surface area contributed by atoms with E-state index >= 15 is 0 Å². The van der Waals surface area contributed by atoms with Gasteiger partial charge in [0.2, 0.25) is 5.78 Å². The topological polar surface area (TPSA) is 113 Å². The average Bonchev–Trinajstić information content (AvgIpc) is 2.62. The Balaban J connectivity index is 1.87. The summed E-state index contributed by atoms with van der Waals surface area (Å²) in [7, 11) is 0. The highest BCUT2D eigenvalue weighted by Gasteiger charge is 2.18. The van der Waals surface area contributed by atoms with Gasteiger partial charge in [-0.2, -0.15) is 0 Å². The average molecular weight is 354 g/mol. The first-order valence-corrected chi connectivity index (χ1v) is 7.94. The van der Waals surface area contributed by atoms with Crippen LogP contribution in [0.3, 0.4) is 0 Å². The minimum atomic E-state index is -1.65. The van der Waals surface area contributed by atoms with Gasteiger partial charge in [0.05, 0.1) is 6.42 Å². The Morgan fingerprint density at radius 1 is 0.923 bits per heavy atom. The number of ketones is 2. The van der Waals surface area contributed by atoms with Crippen LogP contribution in [-0.2, 0) is 16.0 Å². The molecule has 26 heavy (non-hydrogen) atoms. The molecule has 0 unspecified atom stereocenters. The third kappa shape index (κ3) is 5.86. The van der Waals surface area contributed by atoms with E-state index in [-0.39, 0.29) is 5.56 Å². The zero-order chi connectivity index (χ0) is 18.9. The zero-order valence-corrected chi connectivity index (χ0v) is 13.9. The van der Waals surface area contributed by atoms with Crippen LogP contribution < -0.4 is 10.6 Å². The maximum Gasteiger partial charge on any atom is 0.372 e. The molecule has 7 heteroatoms. The van der Waals surface area contributed by atoms with Gasteiger partial charge in [-0.05, 0) is 24.1 Å². The Bertz CT molecular complexity index is 818. The molecule has 134 valence electrons. The minimum Gasteiger partial charge on any atom is -0.475 e. The van der Waals surface area contributed by atoms with E-state index in [0.717, 1.165) is 5.56 Å². The number of rotatable bonds is 8. The number of benzene rings is 2. The van der Waals surface area contributed by atoms with Gasteiger partial charge in [-0.15, -0.1) is 0 Å². The smallest absolute Gasteiger partial charge is 0.372 e. The number of nitrogens with one attached hydrogen (secondary N) is 2. The fourth-order valence-corrected chi connectivity index (χ4v) is 2.23. The van der Waals surface area contributed by atoms with Crippen molar-refractivity contribution in [1.82, 2.24) is 5.32 Å². The fourth-order valence-electron chi connectivity index (χ4n) is 2.23. The Labute approximate surface area is 150 Å². The van der Waals surface area contributed by atoms with Crippen molar-refractivity contribution in [2.75, 3.05) is 11.9 Å². The lowest BCUT2D eigenvalue weighted by atomic mass is 10.1. The van der Waals surface area contributed by atoms with Gasteiger partial charge in [-0.1, -0.05) is 42.5 Å². The van der Waals surface area contributed by atoms with Crippen LogP contribution in [0, 0.1) is 0 Å². The number of carboxylic acids is 1. The summed E-state index contributed by atoms with van der Waals surface area (Å²) in [6, 6.07) is 15.3. The van der Waals surface area contributed by atoms with Crippen LogP contribution in [0.5, 0.6) is 0 Å². The summed E-state index contributed by atoms with van der Waals surface area (Å²) in [6.45, 7) is 0.446. The molecule has 2 aromatic rings. The number of carbonyl (C=O) groups is 4. The number of carbonyl (C=O) groups excluding carboxylic acids is 3. The molecule has 0 aromatic heterocycles. The number of carboxylic acid groups (broad SMARTS) is 1. The van der Waals surface area contributed by atoms with Gasteiger partial charge in [-0.3, -0.25) is 9.59 Å². The van der Waals surface area contributed by atoms with Gasteiger partial charge in [-0.25, -0.2) is 9.59 Å². The molecule has 0 radical (unpaired) electrons. The SMILES string of the molecule is O=C(NCCc1ccccc1)Nc1cccc(C(=O)CC(=O)C(=O)O)c1. The largest absolute Gasteiger partial charge is 0.475 e. The Hall–Kier alpha value is -3.48. The van der Waals surface area contributed by atoms with Gasteiger partial charge in [0, 0.05) is 17.8 Å². The van der Waals surface area contributed by atoms with E-state index in [9.17, 15) is 19.2 Å². The van der Waals surface area contributed by atoms with E-state index in [1.807, 2.05) is 30.3 Å². The molecule has 0 fully saturated rings. The first-order valence-electron chi connectivity index (χ1n) is 7.94. The molecule has 0 heterocycles. The van der Waals surface area contributed by atoms with Gasteiger partial charge in [0.25, 0.3) is 0 Å². The molecule has 0 bridgehead atoms. The number of aliphatic carboxylic acids is 1. The highest BCUT2D eigenvalue weighted by atomic mass is 16.4. The maximum atomic E-state index is 11.9. The highest BCUT2D eigenvalue weighted by Crippen LogP contribution is 2.12. The van der Waals surface area contributed by atoms with Crippen molar-refractivity contribution in [3.8, 4) is 0 Å². The predicted octanol–water partition coefficient (Wildman–Crippen LogP) is 2.28. The Morgan fingerprint density at radius 3 is 2.35 bits per heavy atom. The second-order valence-electron chi connectivity index (χ2n) is 5.53. The van der Waals surface area contributed by atoms with Crippen molar-refractivity contribution in [2.24, 2.45) is 0 Å². The number of hydrogen-bond acceptors (Lipinski definition) is 4. The first-order chi connectivity index (χ1) is 12.5. The molecule has 0 saturated heterocycles. The third-order valence-corrected chi connectivity index (χ3v) is 3.54.